The highest BCUT2D eigenvalue weighted by Crippen LogP contribution is 2.25. The molecule has 1 aliphatic rings. The lowest BCUT2D eigenvalue weighted by molar-refractivity contribution is -0.157. The molecule has 3 aromatic rings. The summed E-state index contributed by atoms with van der Waals surface area (Å²) in [5, 5.41) is 8.85. The normalized spacial score (nSPS) is 16.0. The number of benzene rings is 2. The van der Waals surface area contributed by atoms with Crippen LogP contribution in [-0.4, -0.2) is 58.6 Å². The summed E-state index contributed by atoms with van der Waals surface area (Å²) in [5.74, 6) is -0.839. The minimum absolute atomic E-state index is 0.0404. The number of aromatic nitrogens is 2. The fraction of sp³-hybridized carbons (Fsp3) is 0.367. The highest BCUT2D eigenvalue weighted by molar-refractivity contribution is 5.98. The summed E-state index contributed by atoms with van der Waals surface area (Å²) in [7, 11) is 0. The molecule has 0 bridgehead atoms. The largest absolute Gasteiger partial charge is 0.458 e. The molecule has 210 valence electrons. The Hall–Kier alpha value is -4.47. The molecule has 10 heteroatoms. The maximum Gasteiger partial charge on any atom is 0.331 e. The summed E-state index contributed by atoms with van der Waals surface area (Å²) in [6, 6.07) is 16.6. The molecule has 1 saturated heterocycles. The van der Waals surface area contributed by atoms with Crippen LogP contribution in [0.15, 0.2) is 73.1 Å². The van der Waals surface area contributed by atoms with Crippen LogP contribution in [0.2, 0.25) is 0 Å². The van der Waals surface area contributed by atoms with Crippen molar-refractivity contribution in [2.45, 2.75) is 57.8 Å². The number of piperidine rings is 1. The maximum atomic E-state index is 13.0. The van der Waals surface area contributed by atoms with Crippen molar-refractivity contribution >= 4 is 29.4 Å². The molecule has 1 aliphatic heterocycles. The third-order valence-corrected chi connectivity index (χ3v) is 6.32. The van der Waals surface area contributed by atoms with Crippen LogP contribution in [0.4, 0.5) is 11.6 Å². The number of carbonyl (C=O) groups is 3. The first-order valence-corrected chi connectivity index (χ1v) is 13.5. The topological polar surface area (TPSA) is 126 Å². The number of nitrogens with zero attached hydrogens (tertiary/aromatic N) is 3. The summed E-state index contributed by atoms with van der Waals surface area (Å²) in [6.07, 6.45) is 6.56. The summed E-state index contributed by atoms with van der Waals surface area (Å²) < 4.78 is 5.48. The van der Waals surface area contributed by atoms with E-state index >= 15 is 0 Å². The minimum Gasteiger partial charge on any atom is -0.458 e. The molecule has 2 amide bonds. The molecule has 10 nitrogen and oxygen atoms in total. The van der Waals surface area contributed by atoms with Crippen LogP contribution in [0.5, 0.6) is 0 Å². The number of anilines is 2. The number of nitrogens with one attached hydrogen (secondary N) is 3. The van der Waals surface area contributed by atoms with E-state index in [-0.39, 0.29) is 18.6 Å². The van der Waals surface area contributed by atoms with Crippen LogP contribution >= 0.6 is 0 Å². The van der Waals surface area contributed by atoms with E-state index in [0.717, 1.165) is 31.5 Å². The highest BCUT2D eigenvalue weighted by atomic mass is 16.6. The Morgan fingerprint density at radius 2 is 1.60 bits per heavy atom. The van der Waals surface area contributed by atoms with Gasteiger partial charge in [-0.15, -0.1) is 0 Å². The Morgan fingerprint density at radius 1 is 0.925 bits per heavy atom. The first-order valence-electron chi connectivity index (χ1n) is 13.5. The minimum atomic E-state index is -1.06. The second kappa shape index (κ2) is 13.1. The number of esters is 1. The SMILES string of the molecule is CC(C)(C)OC(=O)[C@H](CNC(=O)c1ccc(N2CCCC[C@H]2Nc2ncccn2)cc1)NC(=O)c1ccccc1. The standard InChI is InChI=1S/C30H36N6O4/c1-30(2,3)40-28(39)24(34-27(38)21-10-5-4-6-11-21)20-33-26(37)22-13-15-23(16-14-22)36-19-8-7-12-25(36)35-29-31-17-9-18-32-29/h4-6,9-11,13-18,24-25H,7-8,12,19-20H2,1-3H3,(H,33,37)(H,34,38)(H,31,32,35)/t24-,25-/m0/s1. The first kappa shape index (κ1) is 28.5. The second-order valence-electron chi connectivity index (χ2n) is 10.6. The van der Waals surface area contributed by atoms with E-state index < -0.39 is 23.5 Å². The monoisotopic (exact) mass is 544 g/mol. The van der Waals surface area contributed by atoms with E-state index in [4.69, 9.17) is 4.74 Å². The molecule has 2 heterocycles. The van der Waals surface area contributed by atoms with Crippen LogP contribution in [0.25, 0.3) is 0 Å². The zero-order chi connectivity index (χ0) is 28.5. The van der Waals surface area contributed by atoms with Crippen molar-refractivity contribution in [3.63, 3.8) is 0 Å². The fourth-order valence-corrected chi connectivity index (χ4v) is 4.41. The number of amides is 2. The van der Waals surface area contributed by atoms with Gasteiger partial charge in [0.05, 0.1) is 0 Å². The molecule has 0 spiro atoms. The molecular weight excluding hydrogens is 508 g/mol. The molecule has 1 fully saturated rings. The summed E-state index contributed by atoms with van der Waals surface area (Å²) in [5.41, 5.74) is 1.07. The number of ether oxygens (including phenoxy) is 1. The van der Waals surface area contributed by atoms with Crippen molar-refractivity contribution in [1.29, 1.82) is 0 Å². The molecule has 0 unspecified atom stereocenters. The number of rotatable bonds is 9. The average molecular weight is 545 g/mol. The number of hydrogen-bond acceptors (Lipinski definition) is 8. The van der Waals surface area contributed by atoms with E-state index in [1.807, 2.05) is 12.1 Å². The van der Waals surface area contributed by atoms with Gasteiger partial charge in [0.15, 0.2) is 0 Å². The van der Waals surface area contributed by atoms with Gasteiger partial charge in [0, 0.05) is 42.3 Å². The third-order valence-electron chi connectivity index (χ3n) is 6.32. The average Bonchev–Trinajstić information content (AvgIpc) is 2.95. The smallest absolute Gasteiger partial charge is 0.331 e. The van der Waals surface area contributed by atoms with Gasteiger partial charge in [-0.25, -0.2) is 14.8 Å². The van der Waals surface area contributed by atoms with Gasteiger partial charge in [-0.05, 0) is 82.5 Å². The van der Waals surface area contributed by atoms with Crippen LogP contribution in [0.3, 0.4) is 0 Å². The Balaban J connectivity index is 1.40. The lowest BCUT2D eigenvalue weighted by atomic mass is 10.1. The van der Waals surface area contributed by atoms with Gasteiger partial charge in [0.1, 0.15) is 17.8 Å². The molecule has 0 radical (unpaired) electrons. The molecule has 2 aromatic carbocycles. The third kappa shape index (κ3) is 8.02. The van der Waals surface area contributed by atoms with Gasteiger partial charge >= 0.3 is 5.97 Å². The van der Waals surface area contributed by atoms with E-state index in [1.165, 1.54) is 0 Å². The van der Waals surface area contributed by atoms with Crippen LogP contribution in [-0.2, 0) is 9.53 Å². The molecule has 3 N–H and O–H groups in total. The van der Waals surface area contributed by atoms with Crippen molar-refractivity contribution in [3.05, 3.63) is 84.2 Å². The van der Waals surface area contributed by atoms with E-state index in [9.17, 15) is 14.4 Å². The Bertz CT molecular complexity index is 1280. The van der Waals surface area contributed by atoms with E-state index in [0.29, 0.717) is 17.1 Å². The zero-order valence-electron chi connectivity index (χ0n) is 23.1. The Labute approximate surface area is 234 Å². The maximum absolute atomic E-state index is 13.0. The Kier molecular flexibility index (Phi) is 9.31. The van der Waals surface area contributed by atoms with Crippen molar-refractivity contribution in [1.82, 2.24) is 20.6 Å². The quantitative estimate of drug-likeness (QED) is 0.348. The molecule has 40 heavy (non-hydrogen) atoms. The van der Waals surface area contributed by atoms with Gasteiger partial charge in [-0.2, -0.15) is 0 Å². The van der Waals surface area contributed by atoms with Gasteiger partial charge in [-0.1, -0.05) is 18.2 Å². The second-order valence-corrected chi connectivity index (χ2v) is 10.6. The van der Waals surface area contributed by atoms with Gasteiger partial charge in [-0.3, -0.25) is 9.59 Å². The molecular formula is C30H36N6O4. The van der Waals surface area contributed by atoms with Gasteiger partial charge in [0.2, 0.25) is 5.95 Å². The molecule has 0 aliphatic carbocycles. The van der Waals surface area contributed by atoms with Crippen LogP contribution in [0, 0.1) is 0 Å². The summed E-state index contributed by atoms with van der Waals surface area (Å²) in [4.78, 5) is 49.4. The molecule has 2 atom stereocenters. The predicted molar refractivity (Wildman–Crippen MR) is 153 cm³/mol. The zero-order valence-corrected chi connectivity index (χ0v) is 23.1. The van der Waals surface area contributed by atoms with E-state index in [1.54, 1.807) is 81.7 Å². The number of hydrogen-bond donors (Lipinski definition) is 3. The summed E-state index contributed by atoms with van der Waals surface area (Å²) in [6.45, 7) is 5.99. The van der Waals surface area contributed by atoms with Crippen molar-refractivity contribution in [2.24, 2.45) is 0 Å². The number of carbonyl (C=O) groups excluding carboxylic acids is 3. The van der Waals surface area contributed by atoms with Gasteiger partial charge < -0.3 is 25.6 Å². The Morgan fingerprint density at radius 3 is 2.27 bits per heavy atom. The lowest BCUT2D eigenvalue weighted by Gasteiger charge is -2.38. The molecule has 1 aromatic heterocycles. The van der Waals surface area contributed by atoms with Crippen LogP contribution in [0.1, 0.15) is 60.7 Å². The summed E-state index contributed by atoms with van der Waals surface area (Å²) >= 11 is 0. The van der Waals surface area contributed by atoms with Crippen molar-refractivity contribution < 1.29 is 19.1 Å². The lowest BCUT2D eigenvalue weighted by Crippen LogP contribution is -2.50. The first-order chi connectivity index (χ1) is 19.2. The van der Waals surface area contributed by atoms with Crippen LogP contribution < -0.4 is 20.9 Å². The molecule has 0 saturated carbocycles. The van der Waals surface area contributed by atoms with Gasteiger partial charge in [0.25, 0.3) is 11.8 Å². The highest BCUT2D eigenvalue weighted by Gasteiger charge is 2.28. The van der Waals surface area contributed by atoms with Crippen molar-refractivity contribution in [3.8, 4) is 0 Å². The van der Waals surface area contributed by atoms with E-state index in [2.05, 4.69) is 30.8 Å². The predicted octanol–water partition coefficient (Wildman–Crippen LogP) is 3.78. The van der Waals surface area contributed by atoms with Crippen molar-refractivity contribution in [2.75, 3.05) is 23.3 Å². The molecule has 4 rings (SSSR count). The fourth-order valence-electron chi connectivity index (χ4n) is 4.41.